The smallest absolute Gasteiger partial charge is 0.244 e. The maximum atomic E-state index is 11.4. The van der Waals surface area contributed by atoms with E-state index in [9.17, 15) is 9.59 Å². The highest BCUT2D eigenvalue weighted by Crippen LogP contribution is 2.14. The standard InChI is InChI=1S/C20H34N4O3/c1-16(2)11-13-27-20(4,5)15-24-14-18(22-23-24)8-6-7-12-21-19(26)10-9-17(3)25/h9-10,14,16H,6-8,11-13,15H2,1-5H3,(H,21,26)/b10-9+. The Morgan fingerprint density at radius 3 is 2.70 bits per heavy atom. The van der Waals surface area contributed by atoms with Crippen LogP contribution >= 0.6 is 0 Å². The number of amides is 1. The van der Waals surface area contributed by atoms with E-state index in [0.29, 0.717) is 19.0 Å². The average molecular weight is 379 g/mol. The zero-order valence-corrected chi connectivity index (χ0v) is 17.3. The molecule has 7 heteroatoms. The molecule has 1 amide bonds. The minimum Gasteiger partial charge on any atom is -0.374 e. The molecule has 1 rings (SSSR count). The van der Waals surface area contributed by atoms with Gasteiger partial charge in [0, 0.05) is 25.4 Å². The first kappa shape index (κ1) is 23.0. The molecule has 0 atom stereocenters. The molecule has 0 aliphatic carbocycles. The van der Waals surface area contributed by atoms with Gasteiger partial charge in [0.15, 0.2) is 5.78 Å². The van der Waals surface area contributed by atoms with Crippen molar-refractivity contribution in [1.82, 2.24) is 20.3 Å². The van der Waals surface area contributed by atoms with Gasteiger partial charge < -0.3 is 10.1 Å². The van der Waals surface area contributed by atoms with Crippen molar-refractivity contribution in [1.29, 1.82) is 0 Å². The van der Waals surface area contributed by atoms with Crippen molar-refractivity contribution < 1.29 is 14.3 Å². The van der Waals surface area contributed by atoms with Crippen molar-refractivity contribution in [3.05, 3.63) is 24.0 Å². The Morgan fingerprint density at radius 1 is 1.30 bits per heavy atom. The van der Waals surface area contributed by atoms with E-state index in [-0.39, 0.29) is 17.3 Å². The Labute approximate surface area is 162 Å². The van der Waals surface area contributed by atoms with Crippen molar-refractivity contribution in [3.63, 3.8) is 0 Å². The Bertz CT molecular complexity index is 620. The highest BCUT2D eigenvalue weighted by Gasteiger charge is 2.20. The first-order valence-electron chi connectivity index (χ1n) is 9.67. The second kappa shape index (κ2) is 11.6. The van der Waals surface area contributed by atoms with Gasteiger partial charge in [0.05, 0.1) is 17.8 Å². The molecular formula is C20H34N4O3. The Hall–Kier alpha value is -2.02. The largest absolute Gasteiger partial charge is 0.374 e. The summed E-state index contributed by atoms with van der Waals surface area (Å²) in [6, 6.07) is 0. The Morgan fingerprint density at radius 2 is 2.04 bits per heavy atom. The summed E-state index contributed by atoms with van der Waals surface area (Å²) in [5.41, 5.74) is 0.660. The molecule has 152 valence electrons. The van der Waals surface area contributed by atoms with Gasteiger partial charge in [-0.15, -0.1) is 5.10 Å². The zero-order valence-electron chi connectivity index (χ0n) is 17.3. The van der Waals surface area contributed by atoms with Gasteiger partial charge in [-0.2, -0.15) is 0 Å². The molecule has 0 aromatic carbocycles. The predicted molar refractivity (Wildman–Crippen MR) is 105 cm³/mol. The van der Waals surface area contributed by atoms with Crippen LogP contribution in [0.15, 0.2) is 18.3 Å². The number of ether oxygens (including phenoxy) is 1. The van der Waals surface area contributed by atoms with Crippen LogP contribution in [0.1, 0.15) is 59.6 Å². The number of nitrogens with zero attached hydrogens (tertiary/aromatic N) is 3. The number of rotatable bonds is 13. The molecule has 0 saturated carbocycles. The van der Waals surface area contributed by atoms with Crippen LogP contribution in [0.25, 0.3) is 0 Å². The van der Waals surface area contributed by atoms with Gasteiger partial charge in [0.1, 0.15) is 0 Å². The predicted octanol–water partition coefficient (Wildman–Crippen LogP) is 2.70. The molecule has 1 aromatic rings. The molecule has 0 radical (unpaired) electrons. The van der Waals surface area contributed by atoms with Crippen LogP contribution < -0.4 is 5.32 Å². The molecule has 1 aromatic heterocycles. The number of nitrogens with one attached hydrogen (secondary N) is 1. The maximum absolute atomic E-state index is 11.4. The van der Waals surface area contributed by atoms with Crippen LogP contribution in [0.4, 0.5) is 0 Å². The van der Waals surface area contributed by atoms with Gasteiger partial charge >= 0.3 is 0 Å². The van der Waals surface area contributed by atoms with Crippen molar-refractivity contribution in [3.8, 4) is 0 Å². The minimum absolute atomic E-state index is 0.137. The van der Waals surface area contributed by atoms with Crippen molar-refractivity contribution in [2.24, 2.45) is 5.92 Å². The first-order valence-corrected chi connectivity index (χ1v) is 9.67. The summed E-state index contributed by atoms with van der Waals surface area (Å²) in [7, 11) is 0. The van der Waals surface area contributed by atoms with E-state index in [4.69, 9.17) is 4.74 Å². The van der Waals surface area contributed by atoms with Crippen LogP contribution in [0.3, 0.4) is 0 Å². The van der Waals surface area contributed by atoms with E-state index in [2.05, 4.69) is 43.3 Å². The molecule has 0 aliphatic rings. The highest BCUT2D eigenvalue weighted by atomic mass is 16.5. The molecule has 0 spiro atoms. The van der Waals surface area contributed by atoms with Gasteiger partial charge in [-0.05, 0) is 58.4 Å². The number of allylic oxidation sites excluding steroid dienone is 1. The van der Waals surface area contributed by atoms with E-state index in [1.807, 2.05) is 10.9 Å². The topological polar surface area (TPSA) is 86.1 Å². The minimum atomic E-state index is -0.280. The average Bonchev–Trinajstić information content (AvgIpc) is 2.98. The number of aryl methyl sites for hydroxylation is 1. The summed E-state index contributed by atoms with van der Waals surface area (Å²) in [5, 5.41) is 11.2. The van der Waals surface area contributed by atoms with Crippen LogP contribution in [0.5, 0.6) is 0 Å². The number of ketones is 1. The lowest BCUT2D eigenvalue weighted by molar-refractivity contribution is -0.117. The highest BCUT2D eigenvalue weighted by molar-refractivity contribution is 5.96. The van der Waals surface area contributed by atoms with Crippen molar-refractivity contribution in [2.45, 2.75) is 72.4 Å². The number of unbranched alkanes of at least 4 members (excludes halogenated alkanes) is 1. The summed E-state index contributed by atoms with van der Waals surface area (Å²) in [6.45, 7) is 11.9. The third-order valence-corrected chi connectivity index (χ3v) is 3.95. The van der Waals surface area contributed by atoms with Crippen molar-refractivity contribution in [2.75, 3.05) is 13.2 Å². The normalized spacial score (nSPS) is 12.1. The molecule has 0 unspecified atom stereocenters. The van der Waals surface area contributed by atoms with Gasteiger partial charge in [-0.25, -0.2) is 4.68 Å². The molecule has 0 bridgehead atoms. The van der Waals surface area contributed by atoms with Gasteiger partial charge in [0.25, 0.3) is 0 Å². The summed E-state index contributed by atoms with van der Waals surface area (Å²) in [6.07, 6.45) is 8.10. The molecule has 27 heavy (non-hydrogen) atoms. The summed E-state index contributed by atoms with van der Waals surface area (Å²) >= 11 is 0. The van der Waals surface area contributed by atoms with E-state index in [1.165, 1.54) is 19.1 Å². The molecule has 1 N–H and O–H groups in total. The monoisotopic (exact) mass is 378 g/mol. The second-order valence-electron chi connectivity index (χ2n) is 7.89. The number of aromatic nitrogens is 3. The summed E-state index contributed by atoms with van der Waals surface area (Å²) < 4.78 is 7.80. The quantitative estimate of drug-likeness (QED) is 0.421. The van der Waals surface area contributed by atoms with Crippen LogP contribution in [0, 0.1) is 5.92 Å². The van der Waals surface area contributed by atoms with E-state index in [1.54, 1.807) is 0 Å². The van der Waals surface area contributed by atoms with E-state index < -0.39 is 0 Å². The molecule has 0 aliphatic heterocycles. The fraction of sp³-hybridized carbons (Fsp3) is 0.700. The summed E-state index contributed by atoms with van der Waals surface area (Å²) in [4.78, 5) is 22.2. The van der Waals surface area contributed by atoms with Crippen LogP contribution in [-0.4, -0.2) is 45.4 Å². The molecule has 1 heterocycles. The zero-order chi connectivity index (χ0) is 20.3. The van der Waals surface area contributed by atoms with Gasteiger partial charge in [-0.3, -0.25) is 9.59 Å². The third kappa shape index (κ3) is 11.3. The number of hydrogen-bond acceptors (Lipinski definition) is 5. The first-order chi connectivity index (χ1) is 12.7. The van der Waals surface area contributed by atoms with E-state index in [0.717, 1.165) is 38.0 Å². The molecule has 7 nitrogen and oxygen atoms in total. The molecular weight excluding hydrogens is 344 g/mol. The Kier molecular flexibility index (Phi) is 9.93. The number of carbonyl (C=O) groups is 2. The molecule has 0 fully saturated rings. The lowest BCUT2D eigenvalue weighted by Gasteiger charge is -2.25. The number of hydrogen-bond donors (Lipinski definition) is 1. The Balaban J connectivity index is 2.26. The lowest BCUT2D eigenvalue weighted by atomic mass is 10.1. The maximum Gasteiger partial charge on any atom is 0.244 e. The summed E-state index contributed by atoms with van der Waals surface area (Å²) in [5.74, 6) is 0.256. The van der Waals surface area contributed by atoms with E-state index >= 15 is 0 Å². The second-order valence-corrected chi connectivity index (χ2v) is 7.89. The van der Waals surface area contributed by atoms with Crippen molar-refractivity contribution >= 4 is 11.7 Å². The fourth-order valence-corrected chi connectivity index (χ4v) is 2.43. The lowest BCUT2D eigenvalue weighted by Crippen LogP contribution is -2.31. The van der Waals surface area contributed by atoms with Gasteiger partial charge in [-0.1, -0.05) is 19.1 Å². The molecule has 0 saturated heterocycles. The van der Waals surface area contributed by atoms with Crippen LogP contribution in [-0.2, 0) is 27.3 Å². The fourth-order valence-electron chi connectivity index (χ4n) is 2.43. The number of carbonyl (C=O) groups excluding carboxylic acids is 2. The van der Waals surface area contributed by atoms with Gasteiger partial charge in [0.2, 0.25) is 5.91 Å². The third-order valence-electron chi connectivity index (χ3n) is 3.95. The van der Waals surface area contributed by atoms with Crippen LogP contribution in [0.2, 0.25) is 0 Å². The SMILES string of the molecule is CC(=O)/C=C/C(=O)NCCCCc1cn(CC(C)(C)OCCC(C)C)nn1.